The van der Waals surface area contributed by atoms with Crippen molar-refractivity contribution in [3.05, 3.63) is 63.1 Å². The predicted molar refractivity (Wildman–Crippen MR) is 95.0 cm³/mol. The molecule has 0 aromatic heterocycles. The number of hydrazone groups is 1. The van der Waals surface area contributed by atoms with Crippen LogP contribution in [0.2, 0.25) is 5.02 Å². The van der Waals surface area contributed by atoms with Crippen LogP contribution < -0.4 is 10.3 Å². The molecule has 2 rings (SSSR count). The molecule has 0 unspecified atom stereocenters. The first kappa shape index (κ1) is 16.5. The Bertz CT molecular complexity index is 716. The van der Waals surface area contributed by atoms with Crippen molar-refractivity contribution >= 4 is 45.3 Å². The van der Waals surface area contributed by atoms with Gasteiger partial charge in [0, 0.05) is 18.6 Å². The summed E-state index contributed by atoms with van der Waals surface area (Å²) in [5.41, 5.74) is 4.80. The molecule has 0 aliphatic rings. The zero-order chi connectivity index (χ0) is 16.1. The lowest BCUT2D eigenvalue weighted by Gasteiger charge is -2.14. The summed E-state index contributed by atoms with van der Waals surface area (Å²) in [6.07, 6.45) is 1.58. The molecule has 0 saturated heterocycles. The summed E-state index contributed by atoms with van der Waals surface area (Å²) in [4.78, 5) is 13.9. The number of amides is 1. The van der Waals surface area contributed by atoms with E-state index >= 15 is 0 Å². The van der Waals surface area contributed by atoms with Gasteiger partial charge in [-0.15, -0.1) is 0 Å². The van der Waals surface area contributed by atoms with Gasteiger partial charge in [-0.3, -0.25) is 4.79 Å². The highest BCUT2D eigenvalue weighted by Crippen LogP contribution is 2.25. The maximum Gasteiger partial charge on any atom is 0.272 e. The number of nitrogens with one attached hydrogen (secondary N) is 1. The van der Waals surface area contributed by atoms with E-state index in [1.54, 1.807) is 30.5 Å². The molecule has 4 nitrogen and oxygen atoms in total. The minimum absolute atomic E-state index is 0.342. The lowest BCUT2D eigenvalue weighted by molar-refractivity contribution is 0.0955. The lowest BCUT2D eigenvalue weighted by atomic mass is 10.2. The molecule has 0 atom stereocenters. The van der Waals surface area contributed by atoms with Crippen molar-refractivity contribution in [3.63, 3.8) is 0 Å². The van der Waals surface area contributed by atoms with E-state index in [0.717, 1.165) is 15.7 Å². The van der Waals surface area contributed by atoms with Crippen LogP contribution in [0.15, 0.2) is 52.0 Å². The molecule has 1 N–H and O–H groups in total. The fourth-order valence-electron chi connectivity index (χ4n) is 1.84. The summed E-state index contributed by atoms with van der Waals surface area (Å²) in [6, 6.07) is 12.7. The Morgan fingerprint density at radius 1 is 1.27 bits per heavy atom. The summed E-state index contributed by atoms with van der Waals surface area (Å²) in [5.74, 6) is -0.342. The van der Waals surface area contributed by atoms with Crippen LogP contribution in [0.25, 0.3) is 0 Å². The summed E-state index contributed by atoms with van der Waals surface area (Å²) in [5, 5.41) is 4.35. The largest absolute Gasteiger partial charge is 0.377 e. The molecule has 0 saturated carbocycles. The average Bonchev–Trinajstić information content (AvgIpc) is 2.47. The first-order valence-electron chi connectivity index (χ1n) is 6.54. The Hall–Kier alpha value is -1.85. The van der Waals surface area contributed by atoms with E-state index in [1.807, 2.05) is 37.2 Å². The quantitative estimate of drug-likeness (QED) is 0.645. The van der Waals surface area contributed by atoms with Gasteiger partial charge in [0.1, 0.15) is 0 Å². The first-order chi connectivity index (χ1) is 10.5. The first-order valence-corrected chi connectivity index (χ1v) is 7.71. The number of hydrogen-bond acceptors (Lipinski definition) is 3. The molecular formula is C16H15BrClN3O. The topological polar surface area (TPSA) is 44.7 Å². The van der Waals surface area contributed by atoms with E-state index in [0.29, 0.717) is 10.6 Å². The van der Waals surface area contributed by atoms with E-state index in [-0.39, 0.29) is 5.91 Å². The number of halogens is 2. The number of carbonyl (C=O) groups excluding carboxylic acids is 1. The minimum Gasteiger partial charge on any atom is -0.377 e. The monoisotopic (exact) mass is 379 g/mol. The van der Waals surface area contributed by atoms with Gasteiger partial charge in [0.2, 0.25) is 0 Å². The molecule has 22 heavy (non-hydrogen) atoms. The van der Waals surface area contributed by atoms with Gasteiger partial charge in [-0.2, -0.15) is 5.10 Å². The van der Waals surface area contributed by atoms with Gasteiger partial charge in [0.05, 0.1) is 22.5 Å². The van der Waals surface area contributed by atoms with E-state index in [1.165, 1.54) is 0 Å². The van der Waals surface area contributed by atoms with Crippen molar-refractivity contribution < 1.29 is 4.79 Å². The third kappa shape index (κ3) is 4.08. The Labute approximate surface area is 142 Å². The number of anilines is 1. The highest BCUT2D eigenvalue weighted by atomic mass is 79.9. The van der Waals surface area contributed by atoms with Gasteiger partial charge >= 0.3 is 0 Å². The summed E-state index contributed by atoms with van der Waals surface area (Å²) in [7, 11) is 3.94. The van der Waals surface area contributed by atoms with Crippen LogP contribution in [-0.2, 0) is 0 Å². The summed E-state index contributed by atoms with van der Waals surface area (Å²) < 4.78 is 0.957. The van der Waals surface area contributed by atoms with Crippen molar-refractivity contribution in [1.82, 2.24) is 5.43 Å². The molecule has 0 spiro atoms. The standard InChI is InChI=1S/C16H15BrClN3O/c1-21(2)15-8-7-11(9-13(15)17)10-19-20-16(22)12-5-3-4-6-14(12)18/h3-10H,1-2H3,(H,20,22)/b19-10-. The molecule has 114 valence electrons. The van der Waals surface area contributed by atoms with Crippen LogP contribution in [-0.4, -0.2) is 26.2 Å². The number of nitrogens with zero attached hydrogens (tertiary/aromatic N) is 2. The van der Waals surface area contributed by atoms with Gasteiger partial charge in [0.25, 0.3) is 5.91 Å². The van der Waals surface area contributed by atoms with Crippen LogP contribution >= 0.6 is 27.5 Å². The van der Waals surface area contributed by atoms with E-state index in [9.17, 15) is 4.79 Å². The van der Waals surface area contributed by atoms with Crippen molar-refractivity contribution in [2.45, 2.75) is 0 Å². The Morgan fingerprint density at radius 3 is 2.64 bits per heavy atom. The second-order valence-electron chi connectivity index (χ2n) is 4.78. The number of benzene rings is 2. The summed E-state index contributed by atoms with van der Waals surface area (Å²) in [6.45, 7) is 0. The molecule has 1 amide bonds. The van der Waals surface area contributed by atoms with Crippen LogP contribution in [0.4, 0.5) is 5.69 Å². The van der Waals surface area contributed by atoms with Crippen LogP contribution in [0.5, 0.6) is 0 Å². The van der Waals surface area contributed by atoms with E-state index in [2.05, 4.69) is 26.5 Å². The van der Waals surface area contributed by atoms with Crippen molar-refractivity contribution in [1.29, 1.82) is 0 Å². The molecule has 0 radical (unpaired) electrons. The van der Waals surface area contributed by atoms with Gasteiger partial charge in [0.15, 0.2) is 0 Å². The SMILES string of the molecule is CN(C)c1ccc(/C=N\NC(=O)c2ccccc2Cl)cc1Br. The van der Waals surface area contributed by atoms with Crippen molar-refractivity contribution in [2.24, 2.45) is 5.10 Å². The molecule has 6 heteroatoms. The predicted octanol–water partition coefficient (Wildman–Crippen LogP) is 3.93. The Balaban J connectivity index is 2.05. The average molecular weight is 381 g/mol. The molecule has 0 aliphatic carbocycles. The second kappa shape index (κ2) is 7.42. The fourth-order valence-corrected chi connectivity index (χ4v) is 2.81. The minimum atomic E-state index is -0.342. The molecule has 2 aromatic rings. The van der Waals surface area contributed by atoms with Gasteiger partial charge in [-0.1, -0.05) is 29.8 Å². The molecule has 0 bridgehead atoms. The van der Waals surface area contributed by atoms with Crippen LogP contribution in [0.1, 0.15) is 15.9 Å². The van der Waals surface area contributed by atoms with Crippen LogP contribution in [0.3, 0.4) is 0 Å². The maximum atomic E-state index is 11.9. The Morgan fingerprint density at radius 2 is 2.00 bits per heavy atom. The molecule has 0 fully saturated rings. The third-order valence-corrected chi connectivity index (χ3v) is 3.92. The summed E-state index contributed by atoms with van der Waals surface area (Å²) >= 11 is 9.47. The molecular weight excluding hydrogens is 366 g/mol. The molecule has 0 heterocycles. The lowest BCUT2D eigenvalue weighted by Crippen LogP contribution is -2.18. The van der Waals surface area contributed by atoms with Crippen LogP contribution in [0, 0.1) is 0 Å². The smallest absolute Gasteiger partial charge is 0.272 e. The van der Waals surface area contributed by atoms with E-state index in [4.69, 9.17) is 11.6 Å². The number of carbonyl (C=O) groups is 1. The van der Waals surface area contributed by atoms with Crippen molar-refractivity contribution in [3.8, 4) is 0 Å². The maximum absolute atomic E-state index is 11.9. The molecule has 2 aromatic carbocycles. The van der Waals surface area contributed by atoms with Gasteiger partial charge in [-0.05, 0) is 45.8 Å². The van der Waals surface area contributed by atoms with Gasteiger partial charge < -0.3 is 4.90 Å². The van der Waals surface area contributed by atoms with Gasteiger partial charge in [-0.25, -0.2) is 5.43 Å². The number of rotatable bonds is 4. The molecule has 0 aliphatic heterocycles. The highest BCUT2D eigenvalue weighted by Gasteiger charge is 2.08. The normalized spacial score (nSPS) is 10.7. The zero-order valence-electron chi connectivity index (χ0n) is 12.2. The Kier molecular flexibility index (Phi) is 5.57. The second-order valence-corrected chi connectivity index (χ2v) is 6.05. The fraction of sp³-hybridized carbons (Fsp3) is 0.125. The third-order valence-electron chi connectivity index (χ3n) is 2.95. The van der Waals surface area contributed by atoms with Crippen molar-refractivity contribution in [2.75, 3.05) is 19.0 Å². The zero-order valence-corrected chi connectivity index (χ0v) is 14.5. The number of hydrogen-bond donors (Lipinski definition) is 1. The van der Waals surface area contributed by atoms with E-state index < -0.39 is 0 Å². The highest BCUT2D eigenvalue weighted by molar-refractivity contribution is 9.10.